The zero-order valence-corrected chi connectivity index (χ0v) is 14.9. The highest BCUT2D eigenvalue weighted by atomic mass is 16.2. The van der Waals surface area contributed by atoms with Gasteiger partial charge in [-0.2, -0.15) is 0 Å². The molecule has 2 nitrogen and oxygen atoms in total. The maximum absolute atomic E-state index is 13.2. The zero-order chi connectivity index (χ0) is 16.5. The largest absolute Gasteiger partial charge is 0.293 e. The molecule has 0 atom stereocenters. The topological polar surface area (TPSA) is 34.1 Å². The Kier molecular flexibility index (Phi) is 3.16. The number of allylic oxidation sites excluding steroid dienone is 4. The monoisotopic (exact) mass is 300 g/mol. The van der Waals surface area contributed by atoms with Gasteiger partial charge < -0.3 is 0 Å². The average Bonchev–Trinajstić information content (AvgIpc) is 3.04. The number of Topliss-reactive ketones (excluding diaryl/α,β-unsaturated/α-hetero) is 2. The molecule has 3 aliphatic carbocycles. The third-order valence-corrected chi connectivity index (χ3v) is 5.80. The number of ketones is 2. The number of hydrogen-bond acceptors (Lipinski definition) is 2. The summed E-state index contributed by atoms with van der Waals surface area (Å²) in [5.74, 6) is 0.295. The first-order chi connectivity index (χ1) is 10.00. The first-order valence-corrected chi connectivity index (χ1v) is 8.57. The van der Waals surface area contributed by atoms with E-state index in [-0.39, 0.29) is 22.4 Å². The van der Waals surface area contributed by atoms with Crippen LogP contribution in [0, 0.1) is 16.2 Å². The summed E-state index contributed by atoms with van der Waals surface area (Å²) in [6.07, 6.45) is 4.33. The average molecular weight is 300 g/mol. The van der Waals surface area contributed by atoms with Crippen LogP contribution in [0.25, 0.3) is 0 Å². The lowest BCUT2D eigenvalue weighted by molar-refractivity contribution is -0.132. The van der Waals surface area contributed by atoms with E-state index >= 15 is 0 Å². The summed E-state index contributed by atoms with van der Waals surface area (Å²) < 4.78 is 0. The smallest absolute Gasteiger partial charge is 0.177 e. The van der Waals surface area contributed by atoms with Crippen LogP contribution in [0.4, 0.5) is 0 Å². The third kappa shape index (κ3) is 1.92. The van der Waals surface area contributed by atoms with Crippen molar-refractivity contribution in [2.75, 3.05) is 0 Å². The second-order valence-electron chi connectivity index (χ2n) is 9.33. The first kappa shape index (κ1) is 15.7. The molecule has 0 saturated heterocycles. The van der Waals surface area contributed by atoms with Gasteiger partial charge in [-0.1, -0.05) is 54.4 Å². The van der Waals surface area contributed by atoms with Crippen molar-refractivity contribution in [3.8, 4) is 0 Å². The lowest BCUT2D eigenvalue weighted by atomic mass is 9.75. The van der Waals surface area contributed by atoms with Crippen molar-refractivity contribution in [3.05, 3.63) is 22.3 Å². The molecule has 3 rings (SSSR count). The molecule has 2 saturated carbocycles. The highest BCUT2D eigenvalue weighted by Gasteiger charge is 2.59. The molecule has 0 aromatic rings. The molecule has 0 amide bonds. The zero-order valence-electron chi connectivity index (χ0n) is 14.9. The number of rotatable bonds is 0. The second-order valence-corrected chi connectivity index (χ2v) is 9.33. The summed E-state index contributed by atoms with van der Waals surface area (Å²) in [5, 5.41) is 0. The Labute approximate surface area is 134 Å². The van der Waals surface area contributed by atoms with E-state index in [1.807, 2.05) is 0 Å². The van der Waals surface area contributed by atoms with E-state index < -0.39 is 5.41 Å². The Balaban J connectivity index is 2.25. The molecule has 120 valence electrons. The van der Waals surface area contributed by atoms with Gasteiger partial charge >= 0.3 is 0 Å². The molecule has 0 N–H and O–H groups in total. The minimum atomic E-state index is -0.696. The minimum absolute atomic E-state index is 0.0618. The molecular weight excluding hydrogens is 272 g/mol. The summed E-state index contributed by atoms with van der Waals surface area (Å²) in [4.78, 5) is 26.5. The normalized spacial score (nSPS) is 25.0. The van der Waals surface area contributed by atoms with Crippen LogP contribution in [0.3, 0.4) is 0 Å². The number of carbonyl (C=O) groups excluding carboxylic acids is 2. The Morgan fingerprint density at radius 3 is 1.41 bits per heavy atom. The second kappa shape index (κ2) is 4.43. The van der Waals surface area contributed by atoms with Crippen molar-refractivity contribution >= 4 is 11.6 Å². The molecule has 22 heavy (non-hydrogen) atoms. The van der Waals surface area contributed by atoms with Crippen LogP contribution in [-0.2, 0) is 9.59 Å². The fourth-order valence-electron chi connectivity index (χ4n) is 4.45. The molecule has 0 bridgehead atoms. The summed E-state index contributed by atoms with van der Waals surface area (Å²) in [5.41, 5.74) is 3.18. The van der Waals surface area contributed by atoms with Gasteiger partial charge in [0.05, 0.1) is 5.41 Å². The van der Waals surface area contributed by atoms with Gasteiger partial charge in [0.15, 0.2) is 11.6 Å². The molecule has 2 heteroatoms. The van der Waals surface area contributed by atoms with E-state index in [1.54, 1.807) is 0 Å². The van der Waals surface area contributed by atoms with Crippen molar-refractivity contribution in [2.45, 2.75) is 73.6 Å². The van der Waals surface area contributed by atoms with Gasteiger partial charge in [0.2, 0.25) is 0 Å². The van der Waals surface area contributed by atoms with Gasteiger partial charge in [-0.3, -0.25) is 9.59 Å². The van der Waals surface area contributed by atoms with Crippen LogP contribution >= 0.6 is 0 Å². The maximum Gasteiger partial charge on any atom is 0.177 e. The molecule has 3 aliphatic rings. The molecule has 0 unspecified atom stereocenters. The van der Waals surface area contributed by atoms with E-state index in [1.165, 1.54) is 11.1 Å². The quantitative estimate of drug-likeness (QED) is 0.603. The van der Waals surface area contributed by atoms with Gasteiger partial charge in [-0.05, 0) is 41.2 Å². The molecule has 2 fully saturated rings. The summed E-state index contributed by atoms with van der Waals surface area (Å²) in [7, 11) is 0. The molecule has 0 aromatic carbocycles. The van der Waals surface area contributed by atoms with Gasteiger partial charge in [-0.15, -0.1) is 0 Å². The van der Waals surface area contributed by atoms with Crippen molar-refractivity contribution < 1.29 is 9.59 Å². The van der Waals surface area contributed by atoms with E-state index in [4.69, 9.17) is 0 Å². The predicted molar refractivity (Wildman–Crippen MR) is 88.5 cm³/mol. The molecule has 1 spiro atoms. The van der Waals surface area contributed by atoms with Crippen LogP contribution in [0.2, 0.25) is 0 Å². The van der Waals surface area contributed by atoms with E-state index in [9.17, 15) is 9.59 Å². The van der Waals surface area contributed by atoms with Gasteiger partial charge in [0, 0.05) is 11.1 Å². The standard InChI is InChI=1S/C20H28O2/c1-18(2,3)12-11-13(19(4,5)6)15-14(12)16(21)20(17(15)22)9-7-8-10-20/h7-11H2,1-6H3. The van der Waals surface area contributed by atoms with E-state index in [0.717, 1.165) is 43.3 Å². The molecule has 0 heterocycles. The maximum atomic E-state index is 13.2. The number of carbonyl (C=O) groups is 2. The SMILES string of the molecule is CC(C)(C)C1=C2C(=O)C3(CCCC3)C(=O)C2=C(C(C)(C)C)C1. The first-order valence-electron chi connectivity index (χ1n) is 8.57. The summed E-state index contributed by atoms with van der Waals surface area (Å²) in [6, 6.07) is 0. The third-order valence-electron chi connectivity index (χ3n) is 5.80. The van der Waals surface area contributed by atoms with Crippen LogP contribution in [0.5, 0.6) is 0 Å². The Hall–Kier alpha value is -1.18. The minimum Gasteiger partial charge on any atom is -0.293 e. The lowest BCUT2D eigenvalue weighted by Crippen LogP contribution is -2.31. The number of fused-ring (bicyclic) bond motifs is 1. The van der Waals surface area contributed by atoms with E-state index in [2.05, 4.69) is 41.5 Å². The summed E-state index contributed by atoms with van der Waals surface area (Å²) >= 11 is 0. The fraction of sp³-hybridized carbons (Fsp3) is 0.700. The Morgan fingerprint density at radius 1 is 0.727 bits per heavy atom. The van der Waals surface area contributed by atoms with Crippen molar-refractivity contribution in [3.63, 3.8) is 0 Å². The Bertz CT molecular complexity index is 574. The number of hydrogen-bond donors (Lipinski definition) is 0. The molecule has 0 radical (unpaired) electrons. The summed E-state index contributed by atoms with van der Waals surface area (Å²) in [6.45, 7) is 13.0. The molecular formula is C20H28O2. The fourth-order valence-corrected chi connectivity index (χ4v) is 4.45. The molecule has 0 aromatic heterocycles. The van der Waals surface area contributed by atoms with Gasteiger partial charge in [0.25, 0.3) is 0 Å². The highest BCUT2D eigenvalue weighted by molar-refractivity contribution is 6.33. The Morgan fingerprint density at radius 2 is 1.09 bits per heavy atom. The highest BCUT2D eigenvalue weighted by Crippen LogP contribution is 2.58. The van der Waals surface area contributed by atoms with Crippen molar-refractivity contribution in [1.82, 2.24) is 0 Å². The van der Waals surface area contributed by atoms with Gasteiger partial charge in [0.1, 0.15) is 0 Å². The lowest BCUT2D eigenvalue weighted by Gasteiger charge is -2.28. The predicted octanol–water partition coefficient (Wildman–Crippen LogP) is 4.79. The van der Waals surface area contributed by atoms with Crippen LogP contribution < -0.4 is 0 Å². The van der Waals surface area contributed by atoms with Gasteiger partial charge in [-0.25, -0.2) is 0 Å². The molecule has 0 aliphatic heterocycles. The van der Waals surface area contributed by atoms with Crippen molar-refractivity contribution in [2.24, 2.45) is 16.2 Å². The van der Waals surface area contributed by atoms with Crippen LogP contribution in [0.15, 0.2) is 22.3 Å². The van der Waals surface area contributed by atoms with Crippen LogP contribution in [0.1, 0.15) is 73.6 Å². The van der Waals surface area contributed by atoms with Crippen molar-refractivity contribution in [1.29, 1.82) is 0 Å². The van der Waals surface area contributed by atoms with Crippen LogP contribution in [-0.4, -0.2) is 11.6 Å². The van der Waals surface area contributed by atoms with E-state index in [0.29, 0.717) is 0 Å².